The molecule has 1 amide bonds. The molecule has 7 heteroatoms. The van der Waals surface area contributed by atoms with E-state index in [-0.39, 0.29) is 5.91 Å². The van der Waals surface area contributed by atoms with Gasteiger partial charge in [-0.05, 0) is 86.7 Å². The van der Waals surface area contributed by atoms with E-state index >= 15 is 0 Å². The van der Waals surface area contributed by atoms with Crippen LogP contribution in [-0.2, 0) is 13.0 Å². The summed E-state index contributed by atoms with van der Waals surface area (Å²) in [6.07, 6.45) is 3.54. The summed E-state index contributed by atoms with van der Waals surface area (Å²) in [4.78, 5) is 17.3. The average Bonchev–Trinajstić information content (AvgIpc) is 3.22. The fourth-order valence-corrected chi connectivity index (χ4v) is 4.81. The van der Waals surface area contributed by atoms with Gasteiger partial charge in [0.15, 0.2) is 0 Å². The Morgan fingerprint density at radius 2 is 1.81 bits per heavy atom. The monoisotopic (exact) mass is 567 g/mol. The third-order valence-corrected chi connectivity index (χ3v) is 7.23. The Hall–Kier alpha value is -2.83. The van der Waals surface area contributed by atoms with Crippen molar-refractivity contribution in [1.82, 2.24) is 14.9 Å². The molecule has 0 bridgehead atoms. The normalized spacial score (nSPS) is 11.1. The molecule has 1 heterocycles. The van der Waals surface area contributed by atoms with Crippen molar-refractivity contribution in [3.63, 3.8) is 0 Å². The summed E-state index contributed by atoms with van der Waals surface area (Å²) in [6, 6.07) is 19.7. The number of aryl methyl sites for hydroxylation is 4. The number of rotatable bonds is 11. The number of para-hydroxylation sites is 2. The zero-order valence-corrected chi connectivity index (χ0v) is 23.0. The van der Waals surface area contributed by atoms with Gasteiger partial charge < -0.3 is 14.6 Å². The number of nitrogens with zero attached hydrogens (tertiary/aromatic N) is 2. The molecule has 188 valence electrons. The third-order valence-electron chi connectivity index (χ3n) is 6.14. The highest BCUT2D eigenvalue weighted by atomic mass is 79.9. The topological polar surface area (TPSA) is 56.1 Å². The molecule has 4 aromatic rings. The Morgan fingerprint density at radius 1 is 1.03 bits per heavy atom. The maximum Gasteiger partial charge on any atom is 0.251 e. The quantitative estimate of drug-likeness (QED) is 0.193. The van der Waals surface area contributed by atoms with Crippen LogP contribution in [0.3, 0.4) is 0 Å². The first-order valence-corrected chi connectivity index (χ1v) is 13.5. The van der Waals surface area contributed by atoms with E-state index in [1.165, 1.54) is 0 Å². The summed E-state index contributed by atoms with van der Waals surface area (Å²) >= 11 is 9.68. The number of unbranched alkanes of at least 4 members (excludes halogenated alkanes) is 1. The van der Waals surface area contributed by atoms with Gasteiger partial charge in [-0.3, -0.25) is 4.79 Å². The Bertz CT molecular complexity index is 1330. The van der Waals surface area contributed by atoms with Crippen LogP contribution in [0.1, 0.15) is 46.6 Å². The number of halogens is 2. The zero-order valence-electron chi connectivity index (χ0n) is 20.7. The van der Waals surface area contributed by atoms with Crippen LogP contribution in [-0.4, -0.2) is 28.6 Å². The molecule has 0 fully saturated rings. The molecule has 0 radical (unpaired) electrons. The fourth-order valence-electron chi connectivity index (χ4n) is 4.30. The smallest absolute Gasteiger partial charge is 0.251 e. The molecule has 5 nitrogen and oxygen atoms in total. The van der Waals surface area contributed by atoms with Crippen LogP contribution < -0.4 is 10.1 Å². The van der Waals surface area contributed by atoms with Crippen LogP contribution >= 0.6 is 27.5 Å². The number of amides is 1. The summed E-state index contributed by atoms with van der Waals surface area (Å²) in [5.41, 5.74) is 4.88. The van der Waals surface area contributed by atoms with Crippen LogP contribution in [0.4, 0.5) is 0 Å². The number of carbonyl (C=O) groups is 1. The molecule has 0 atom stereocenters. The Morgan fingerprint density at radius 3 is 2.58 bits per heavy atom. The molecule has 0 saturated carbocycles. The zero-order chi connectivity index (χ0) is 25.5. The van der Waals surface area contributed by atoms with Gasteiger partial charge in [-0.15, -0.1) is 0 Å². The second-order valence-electron chi connectivity index (χ2n) is 8.96. The minimum absolute atomic E-state index is 0.0594. The lowest BCUT2D eigenvalue weighted by Gasteiger charge is -2.12. The maximum atomic E-state index is 12.4. The van der Waals surface area contributed by atoms with Crippen LogP contribution in [0.2, 0.25) is 5.02 Å². The Balaban J connectivity index is 1.30. The molecule has 4 rings (SSSR count). The molecule has 1 aromatic heterocycles. The van der Waals surface area contributed by atoms with E-state index in [0.29, 0.717) is 18.7 Å². The number of aromatic nitrogens is 2. The first-order chi connectivity index (χ1) is 17.4. The Kier molecular flexibility index (Phi) is 9.05. The molecular formula is C29H31BrClN3O2. The highest BCUT2D eigenvalue weighted by Gasteiger charge is 2.11. The number of imidazole rings is 1. The van der Waals surface area contributed by atoms with Gasteiger partial charge in [0, 0.05) is 34.6 Å². The summed E-state index contributed by atoms with van der Waals surface area (Å²) in [7, 11) is 0. The van der Waals surface area contributed by atoms with Gasteiger partial charge in [-0.2, -0.15) is 0 Å². The summed E-state index contributed by atoms with van der Waals surface area (Å²) in [5, 5.41) is 3.82. The van der Waals surface area contributed by atoms with Gasteiger partial charge >= 0.3 is 0 Å². The first-order valence-electron chi connectivity index (χ1n) is 12.3. The van der Waals surface area contributed by atoms with E-state index in [1.807, 2.05) is 56.3 Å². The van der Waals surface area contributed by atoms with Crippen LogP contribution in [0.5, 0.6) is 5.75 Å². The van der Waals surface area contributed by atoms with Crippen molar-refractivity contribution < 1.29 is 9.53 Å². The molecule has 0 saturated heterocycles. The second kappa shape index (κ2) is 12.4. The molecule has 3 aromatic carbocycles. The number of hydrogen-bond acceptors (Lipinski definition) is 3. The maximum absolute atomic E-state index is 12.4. The third kappa shape index (κ3) is 6.68. The highest BCUT2D eigenvalue weighted by Crippen LogP contribution is 2.26. The fraction of sp³-hybridized carbons (Fsp3) is 0.310. The molecule has 0 aliphatic heterocycles. The molecule has 0 unspecified atom stereocenters. The lowest BCUT2D eigenvalue weighted by Crippen LogP contribution is -2.25. The SMILES string of the molecule is Cc1cc(OCCCCn2c(CCCNC(=O)c3cccc(Br)c3)nc3ccccc32)cc(C)c1Cl. The van der Waals surface area contributed by atoms with Crippen LogP contribution in [0.15, 0.2) is 65.1 Å². The van der Waals surface area contributed by atoms with E-state index in [1.54, 1.807) is 0 Å². The number of carbonyl (C=O) groups excluding carboxylic acids is 1. The Labute approximate surface area is 226 Å². The molecule has 36 heavy (non-hydrogen) atoms. The molecule has 1 N–H and O–H groups in total. The van der Waals surface area contributed by atoms with Gasteiger partial charge in [0.2, 0.25) is 0 Å². The summed E-state index contributed by atoms with van der Waals surface area (Å²) < 4.78 is 9.18. The van der Waals surface area contributed by atoms with Crippen molar-refractivity contribution in [2.24, 2.45) is 0 Å². The van der Waals surface area contributed by atoms with Gasteiger partial charge in [-0.25, -0.2) is 4.98 Å². The predicted octanol–water partition coefficient (Wildman–Crippen LogP) is 7.29. The lowest BCUT2D eigenvalue weighted by atomic mass is 10.1. The minimum Gasteiger partial charge on any atom is -0.494 e. The highest BCUT2D eigenvalue weighted by molar-refractivity contribution is 9.10. The second-order valence-corrected chi connectivity index (χ2v) is 10.3. The van der Waals surface area contributed by atoms with Gasteiger partial charge in [0.1, 0.15) is 11.6 Å². The molecular weight excluding hydrogens is 538 g/mol. The predicted molar refractivity (Wildman–Crippen MR) is 150 cm³/mol. The van der Waals surface area contributed by atoms with Crippen molar-refractivity contribution in [3.8, 4) is 5.75 Å². The number of hydrogen-bond donors (Lipinski definition) is 1. The summed E-state index contributed by atoms with van der Waals surface area (Å²) in [5.74, 6) is 1.86. The molecule has 0 aliphatic rings. The van der Waals surface area contributed by atoms with E-state index in [4.69, 9.17) is 21.3 Å². The van der Waals surface area contributed by atoms with E-state index < -0.39 is 0 Å². The number of nitrogens with one attached hydrogen (secondary N) is 1. The minimum atomic E-state index is -0.0594. The van der Waals surface area contributed by atoms with Crippen molar-refractivity contribution in [2.75, 3.05) is 13.2 Å². The van der Waals surface area contributed by atoms with Crippen LogP contribution in [0.25, 0.3) is 11.0 Å². The van der Waals surface area contributed by atoms with Crippen molar-refractivity contribution in [2.45, 2.75) is 46.1 Å². The largest absolute Gasteiger partial charge is 0.494 e. The van der Waals surface area contributed by atoms with Crippen molar-refractivity contribution in [1.29, 1.82) is 0 Å². The van der Waals surface area contributed by atoms with Gasteiger partial charge in [0.05, 0.1) is 17.6 Å². The molecule has 0 spiro atoms. The van der Waals surface area contributed by atoms with Crippen molar-refractivity contribution in [3.05, 3.63) is 92.7 Å². The number of benzene rings is 3. The standard InChI is InChI=1S/C29H31BrClN3O2/c1-20-17-24(18-21(2)28(20)31)36-16-6-5-15-34-26-12-4-3-11-25(26)33-27(34)13-8-14-32-29(35)22-9-7-10-23(30)19-22/h3-4,7,9-12,17-19H,5-6,8,13-16H2,1-2H3,(H,32,35). The van der Waals surface area contributed by atoms with E-state index in [0.717, 1.165) is 75.5 Å². The van der Waals surface area contributed by atoms with E-state index in [9.17, 15) is 4.79 Å². The number of fused-ring (bicyclic) bond motifs is 1. The lowest BCUT2D eigenvalue weighted by molar-refractivity contribution is 0.0953. The first kappa shape index (κ1) is 26.2. The van der Waals surface area contributed by atoms with Gasteiger partial charge in [0.25, 0.3) is 5.91 Å². The van der Waals surface area contributed by atoms with E-state index in [2.05, 4.69) is 44.0 Å². The van der Waals surface area contributed by atoms with Gasteiger partial charge in [-0.1, -0.05) is 45.7 Å². The molecule has 0 aliphatic carbocycles. The van der Waals surface area contributed by atoms with Crippen molar-refractivity contribution >= 4 is 44.5 Å². The summed E-state index contributed by atoms with van der Waals surface area (Å²) in [6.45, 7) is 6.13. The number of ether oxygens (including phenoxy) is 1. The van der Waals surface area contributed by atoms with Crippen LogP contribution in [0, 0.1) is 13.8 Å². The average molecular weight is 569 g/mol.